The molecule has 1 aromatic heterocycles. The SMILES string of the molecule is COCCN1C(=O)C[C@@H](C(=O)N(C)CCc2ccncc2)[C@@H]1c1ccccc1C. The molecule has 0 N–H and O–H groups in total. The fourth-order valence-corrected chi connectivity index (χ4v) is 4.01. The number of aromatic nitrogens is 1. The number of carbonyl (C=O) groups is 2. The van der Waals surface area contributed by atoms with E-state index in [1.165, 1.54) is 0 Å². The molecule has 0 aliphatic carbocycles. The third-order valence-electron chi connectivity index (χ3n) is 5.65. The van der Waals surface area contributed by atoms with Crippen LogP contribution in [0.25, 0.3) is 0 Å². The van der Waals surface area contributed by atoms with Crippen LogP contribution in [0.4, 0.5) is 0 Å². The van der Waals surface area contributed by atoms with Crippen LogP contribution >= 0.6 is 0 Å². The highest BCUT2D eigenvalue weighted by Gasteiger charge is 2.45. The summed E-state index contributed by atoms with van der Waals surface area (Å²) in [5.41, 5.74) is 3.27. The van der Waals surface area contributed by atoms with E-state index in [1.807, 2.05) is 55.3 Å². The maximum Gasteiger partial charge on any atom is 0.228 e. The van der Waals surface area contributed by atoms with E-state index in [2.05, 4.69) is 4.98 Å². The molecule has 1 aromatic carbocycles. The van der Waals surface area contributed by atoms with E-state index >= 15 is 0 Å². The molecule has 29 heavy (non-hydrogen) atoms. The molecular formula is C23H29N3O3. The number of pyridine rings is 1. The zero-order chi connectivity index (χ0) is 20.8. The number of methoxy groups -OCH3 is 1. The minimum atomic E-state index is -0.386. The Hall–Kier alpha value is -2.73. The van der Waals surface area contributed by atoms with Crippen molar-refractivity contribution in [2.24, 2.45) is 5.92 Å². The molecule has 0 radical (unpaired) electrons. The summed E-state index contributed by atoms with van der Waals surface area (Å²) in [5.74, 6) is -0.361. The maximum atomic E-state index is 13.3. The Balaban J connectivity index is 1.80. The van der Waals surface area contributed by atoms with Crippen molar-refractivity contribution in [2.75, 3.05) is 33.9 Å². The number of amides is 2. The number of ether oxygens (including phenoxy) is 1. The van der Waals surface area contributed by atoms with Gasteiger partial charge in [0.25, 0.3) is 0 Å². The Kier molecular flexibility index (Phi) is 6.99. The van der Waals surface area contributed by atoms with Crippen molar-refractivity contribution in [3.63, 3.8) is 0 Å². The van der Waals surface area contributed by atoms with Gasteiger partial charge >= 0.3 is 0 Å². The van der Waals surface area contributed by atoms with Crippen LogP contribution in [0.15, 0.2) is 48.8 Å². The summed E-state index contributed by atoms with van der Waals surface area (Å²) in [5, 5.41) is 0. The molecule has 2 amide bonds. The molecule has 0 spiro atoms. The molecule has 0 unspecified atom stereocenters. The molecule has 2 heterocycles. The first kappa shape index (κ1) is 21.0. The quantitative estimate of drug-likeness (QED) is 0.689. The summed E-state index contributed by atoms with van der Waals surface area (Å²) >= 11 is 0. The topological polar surface area (TPSA) is 62.7 Å². The number of carbonyl (C=O) groups excluding carboxylic acids is 2. The van der Waals surface area contributed by atoms with Crippen molar-refractivity contribution in [1.29, 1.82) is 0 Å². The molecule has 154 valence electrons. The lowest BCUT2D eigenvalue weighted by Crippen LogP contribution is -2.38. The van der Waals surface area contributed by atoms with Gasteiger partial charge in [-0.05, 0) is 42.2 Å². The van der Waals surface area contributed by atoms with Crippen LogP contribution < -0.4 is 0 Å². The van der Waals surface area contributed by atoms with Gasteiger partial charge in [-0.2, -0.15) is 0 Å². The zero-order valence-electron chi connectivity index (χ0n) is 17.4. The van der Waals surface area contributed by atoms with Crippen molar-refractivity contribution in [3.05, 3.63) is 65.5 Å². The van der Waals surface area contributed by atoms with Gasteiger partial charge in [0.15, 0.2) is 0 Å². The average Bonchev–Trinajstić information content (AvgIpc) is 3.06. The molecule has 1 saturated heterocycles. The number of benzene rings is 1. The number of likely N-dealkylation sites (N-methyl/N-ethyl adjacent to an activating group) is 1. The highest BCUT2D eigenvalue weighted by Crippen LogP contribution is 2.40. The normalized spacial score (nSPS) is 18.9. The second-order valence-electron chi connectivity index (χ2n) is 7.56. The number of nitrogens with zero attached hydrogens (tertiary/aromatic N) is 3. The summed E-state index contributed by atoms with van der Waals surface area (Å²) < 4.78 is 5.20. The maximum absolute atomic E-state index is 13.3. The van der Waals surface area contributed by atoms with Crippen LogP contribution in [0.3, 0.4) is 0 Å². The van der Waals surface area contributed by atoms with Crippen LogP contribution in [0.5, 0.6) is 0 Å². The molecule has 6 nitrogen and oxygen atoms in total. The number of likely N-dealkylation sites (tertiary alicyclic amines) is 1. The van der Waals surface area contributed by atoms with Crippen LogP contribution in [0.1, 0.15) is 29.2 Å². The van der Waals surface area contributed by atoms with Crippen LogP contribution in [-0.2, 0) is 20.7 Å². The standard InChI is InChI=1S/C23H29N3O3/c1-17-6-4-5-7-19(17)22-20(16-21(27)26(22)14-15-29-3)23(28)25(2)13-10-18-8-11-24-12-9-18/h4-9,11-12,20,22H,10,13-16H2,1-3H3/t20-,22+/m1/s1. The Bertz CT molecular complexity index is 840. The van der Waals surface area contributed by atoms with E-state index in [9.17, 15) is 9.59 Å². The van der Waals surface area contributed by atoms with E-state index < -0.39 is 0 Å². The lowest BCUT2D eigenvalue weighted by Gasteiger charge is -2.31. The fraction of sp³-hybridized carbons (Fsp3) is 0.435. The number of hydrogen-bond donors (Lipinski definition) is 0. The molecule has 1 fully saturated rings. The van der Waals surface area contributed by atoms with Crippen LogP contribution in [0.2, 0.25) is 0 Å². The van der Waals surface area contributed by atoms with Crippen molar-refractivity contribution < 1.29 is 14.3 Å². The number of hydrogen-bond acceptors (Lipinski definition) is 4. The van der Waals surface area contributed by atoms with E-state index in [4.69, 9.17) is 4.74 Å². The van der Waals surface area contributed by atoms with Crippen molar-refractivity contribution in [3.8, 4) is 0 Å². The minimum absolute atomic E-state index is 0.0104. The molecule has 1 aliphatic heterocycles. The molecule has 2 aromatic rings. The Morgan fingerprint density at radius 1 is 1.24 bits per heavy atom. The van der Waals surface area contributed by atoms with E-state index in [0.29, 0.717) is 19.7 Å². The second-order valence-corrected chi connectivity index (χ2v) is 7.56. The molecular weight excluding hydrogens is 366 g/mol. The van der Waals surface area contributed by atoms with Gasteiger partial charge in [-0.15, -0.1) is 0 Å². The van der Waals surface area contributed by atoms with Crippen molar-refractivity contribution in [2.45, 2.75) is 25.8 Å². The minimum Gasteiger partial charge on any atom is -0.383 e. The zero-order valence-corrected chi connectivity index (χ0v) is 17.4. The van der Waals surface area contributed by atoms with Crippen molar-refractivity contribution >= 4 is 11.8 Å². The largest absolute Gasteiger partial charge is 0.383 e. The van der Waals surface area contributed by atoms with Gasteiger partial charge in [-0.3, -0.25) is 14.6 Å². The fourth-order valence-electron chi connectivity index (χ4n) is 4.01. The second kappa shape index (κ2) is 9.65. The molecule has 0 saturated carbocycles. The predicted molar refractivity (Wildman–Crippen MR) is 111 cm³/mol. The first-order valence-electron chi connectivity index (χ1n) is 10.0. The average molecular weight is 396 g/mol. The Morgan fingerprint density at radius 3 is 2.66 bits per heavy atom. The van der Waals surface area contributed by atoms with Gasteiger partial charge in [0, 0.05) is 46.1 Å². The van der Waals surface area contributed by atoms with Crippen LogP contribution in [0, 0.1) is 12.8 Å². The van der Waals surface area contributed by atoms with Gasteiger partial charge < -0.3 is 14.5 Å². The predicted octanol–water partition coefficient (Wildman–Crippen LogP) is 2.63. The highest BCUT2D eigenvalue weighted by molar-refractivity contribution is 5.90. The molecule has 2 atom stereocenters. The van der Waals surface area contributed by atoms with Crippen LogP contribution in [-0.4, -0.2) is 60.5 Å². The monoisotopic (exact) mass is 395 g/mol. The highest BCUT2D eigenvalue weighted by atomic mass is 16.5. The summed E-state index contributed by atoms with van der Waals surface area (Å²) in [6, 6.07) is 11.7. The third-order valence-corrected chi connectivity index (χ3v) is 5.65. The molecule has 0 bridgehead atoms. The lowest BCUT2D eigenvalue weighted by atomic mass is 9.89. The van der Waals surface area contributed by atoms with Crippen molar-refractivity contribution in [1.82, 2.24) is 14.8 Å². The third kappa shape index (κ3) is 4.82. The van der Waals surface area contributed by atoms with E-state index in [1.54, 1.807) is 24.4 Å². The van der Waals surface area contributed by atoms with E-state index in [-0.39, 0.29) is 30.2 Å². The van der Waals surface area contributed by atoms with Gasteiger partial charge in [0.2, 0.25) is 11.8 Å². The number of aryl methyl sites for hydroxylation is 1. The first-order chi connectivity index (χ1) is 14.0. The van der Waals surface area contributed by atoms with Gasteiger partial charge in [0.1, 0.15) is 0 Å². The van der Waals surface area contributed by atoms with E-state index in [0.717, 1.165) is 23.1 Å². The molecule has 1 aliphatic rings. The summed E-state index contributed by atoms with van der Waals surface area (Å²) in [6.07, 6.45) is 4.51. The Morgan fingerprint density at radius 2 is 1.97 bits per heavy atom. The van der Waals surface area contributed by atoms with Gasteiger partial charge in [-0.25, -0.2) is 0 Å². The summed E-state index contributed by atoms with van der Waals surface area (Å²) in [4.78, 5) is 33.7. The van der Waals surface area contributed by atoms with Gasteiger partial charge in [-0.1, -0.05) is 24.3 Å². The first-order valence-corrected chi connectivity index (χ1v) is 10.0. The number of rotatable bonds is 8. The Labute approximate surface area is 172 Å². The van der Waals surface area contributed by atoms with Gasteiger partial charge in [0.05, 0.1) is 18.6 Å². The summed E-state index contributed by atoms with van der Waals surface area (Å²) in [7, 11) is 3.44. The molecule has 6 heteroatoms. The molecule has 3 rings (SSSR count). The lowest BCUT2D eigenvalue weighted by molar-refractivity contribution is -0.135. The summed E-state index contributed by atoms with van der Waals surface area (Å²) in [6.45, 7) is 3.57. The smallest absolute Gasteiger partial charge is 0.228 e.